The maximum atomic E-state index is 12.4. The van der Waals surface area contributed by atoms with Gasteiger partial charge in [0, 0.05) is 29.9 Å². The lowest BCUT2D eigenvalue weighted by molar-refractivity contribution is -0.117. The number of aryl methyl sites for hydroxylation is 2. The predicted octanol–water partition coefficient (Wildman–Crippen LogP) is 2.46. The molecule has 1 aliphatic rings. The number of rotatable bonds is 4. The van der Waals surface area contributed by atoms with E-state index >= 15 is 0 Å². The van der Waals surface area contributed by atoms with Crippen LogP contribution in [0.3, 0.4) is 0 Å². The Morgan fingerprint density at radius 3 is 2.62 bits per heavy atom. The van der Waals surface area contributed by atoms with Gasteiger partial charge in [0.2, 0.25) is 11.9 Å². The van der Waals surface area contributed by atoms with Crippen molar-refractivity contribution < 1.29 is 4.79 Å². The molecule has 2 aromatic rings. The molecule has 1 atom stereocenters. The zero-order chi connectivity index (χ0) is 17.3. The molecule has 126 valence electrons. The fourth-order valence-electron chi connectivity index (χ4n) is 3.13. The number of nitrogens with zero attached hydrogens (tertiary/aromatic N) is 3. The molecular formula is C18H23N5O. The van der Waals surface area contributed by atoms with Gasteiger partial charge >= 0.3 is 0 Å². The highest BCUT2D eigenvalue weighted by Crippen LogP contribution is 2.25. The number of hydrogen-bond acceptors (Lipinski definition) is 5. The van der Waals surface area contributed by atoms with Crippen molar-refractivity contribution >= 4 is 23.4 Å². The van der Waals surface area contributed by atoms with Crippen LogP contribution in [-0.4, -0.2) is 28.5 Å². The van der Waals surface area contributed by atoms with Gasteiger partial charge in [-0.15, -0.1) is 0 Å². The Kier molecular flexibility index (Phi) is 4.38. The van der Waals surface area contributed by atoms with Crippen LogP contribution in [0, 0.1) is 13.8 Å². The van der Waals surface area contributed by atoms with E-state index < -0.39 is 0 Å². The molecule has 0 bridgehead atoms. The highest BCUT2D eigenvalue weighted by molar-refractivity contribution is 5.96. The van der Waals surface area contributed by atoms with Crippen LogP contribution in [0.5, 0.6) is 0 Å². The van der Waals surface area contributed by atoms with Crippen LogP contribution < -0.4 is 16.0 Å². The van der Waals surface area contributed by atoms with E-state index in [2.05, 4.69) is 22.2 Å². The SMILES string of the molecule is CCc1c(C)nc(N)nc1N[C@@H]1CC(=O)N(c2ccc(C)cc2)C1. The number of anilines is 3. The fraction of sp³-hybridized carbons (Fsp3) is 0.389. The van der Waals surface area contributed by atoms with Crippen molar-refractivity contribution in [2.45, 2.75) is 39.7 Å². The second-order valence-electron chi connectivity index (χ2n) is 6.23. The first-order valence-electron chi connectivity index (χ1n) is 8.24. The topological polar surface area (TPSA) is 84.1 Å². The Bertz CT molecular complexity index is 757. The number of nitrogens with two attached hydrogens (primary N) is 1. The molecule has 1 aromatic carbocycles. The lowest BCUT2D eigenvalue weighted by atomic mass is 10.1. The third-order valence-corrected chi connectivity index (χ3v) is 4.40. The molecule has 6 nitrogen and oxygen atoms in total. The molecule has 0 radical (unpaired) electrons. The molecule has 0 saturated carbocycles. The Hall–Kier alpha value is -2.63. The molecule has 0 unspecified atom stereocenters. The first-order chi connectivity index (χ1) is 11.5. The highest BCUT2D eigenvalue weighted by Gasteiger charge is 2.31. The van der Waals surface area contributed by atoms with E-state index in [0.717, 1.165) is 29.2 Å². The van der Waals surface area contributed by atoms with E-state index in [-0.39, 0.29) is 17.9 Å². The van der Waals surface area contributed by atoms with Crippen molar-refractivity contribution in [2.75, 3.05) is 22.5 Å². The minimum atomic E-state index is 0.0119. The molecule has 2 heterocycles. The number of amides is 1. The average Bonchev–Trinajstić information content (AvgIpc) is 2.88. The summed E-state index contributed by atoms with van der Waals surface area (Å²) in [6.07, 6.45) is 1.26. The van der Waals surface area contributed by atoms with Gasteiger partial charge in [-0.2, -0.15) is 4.98 Å². The molecule has 0 spiro atoms. The minimum absolute atomic E-state index is 0.0119. The summed E-state index contributed by atoms with van der Waals surface area (Å²) in [5.74, 6) is 1.12. The molecule has 6 heteroatoms. The maximum absolute atomic E-state index is 12.4. The number of nitrogens with one attached hydrogen (secondary N) is 1. The van der Waals surface area contributed by atoms with Gasteiger partial charge in [0.05, 0.1) is 6.04 Å². The van der Waals surface area contributed by atoms with Crippen molar-refractivity contribution in [3.8, 4) is 0 Å². The van der Waals surface area contributed by atoms with Crippen LogP contribution in [0.15, 0.2) is 24.3 Å². The predicted molar refractivity (Wildman–Crippen MR) is 96.1 cm³/mol. The lowest BCUT2D eigenvalue weighted by Crippen LogP contribution is -2.28. The standard InChI is InChI=1S/C18H23N5O/c1-4-15-12(3)20-18(19)22-17(15)21-13-9-16(24)23(10-13)14-7-5-11(2)6-8-14/h5-8,13H,4,9-10H2,1-3H3,(H3,19,20,21,22)/t13-/m1/s1. The van der Waals surface area contributed by atoms with Gasteiger partial charge in [-0.05, 0) is 32.4 Å². The molecule has 24 heavy (non-hydrogen) atoms. The van der Waals surface area contributed by atoms with Gasteiger partial charge in [0.1, 0.15) is 5.82 Å². The van der Waals surface area contributed by atoms with Crippen LogP contribution >= 0.6 is 0 Å². The summed E-state index contributed by atoms with van der Waals surface area (Å²) in [7, 11) is 0. The van der Waals surface area contributed by atoms with E-state index in [9.17, 15) is 4.79 Å². The van der Waals surface area contributed by atoms with Gasteiger partial charge in [-0.25, -0.2) is 4.98 Å². The Labute approximate surface area is 142 Å². The summed E-state index contributed by atoms with van der Waals surface area (Å²) < 4.78 is 0. The smallest absolute Gasteiger partial charge is 0.229 e. The molecular weight excluding hydrogens is 302 g/mol. The summed E-state index contributed by atoms with van der Waals surface area (Å²) >= 11 is 0. The number of benzene rings is 1. The monoisotopic (exact) mass is 325 g/mol. The van der Waals surface area contributed by atoms with Crippen LogP contribution in [0.4, 0.5) is 17.5 Å². The third kappa shape index (κ3) is 3.18. The Morgan fingerprint density at radius 2 is 1.96 bits per heavy atom. The minimum Gasteiger partial charge on any atom is -0.368 e. The summed E-state index contributed by atoms with van der Waals surface area (Å²) in [4.78, 5) is 22.7. The largest absolute Gasteiger partial charge is 0.368 e. The van der Waals surface area contributed by atoms with Gasteiger partial charge in [0.15, 0.2) is 0 Å². The van der Waals surface area contributed by atoms with E-state index in [1.165, 1.54) is 5.56 Å². The van der Waals surface area contributed by atoms with Crippen molar-refractivity contribution in [3.63, 3.8) is 0 Å². The molecule has 1 fully saturated rings. The van der Waals surface area contributed by atoms with Gasteiger partial charge in [-0.1, -0.05) is 24.6 Å². The zero-order valence-electron chi connectivity index (χ0n) is 14.3. The van der Waals surface area contributed by atoms with E-state index in [1.54, 1.807) is 0 Å². The molecule has 1 aromatic heterocycles. The summed E-state index contributed by atoms with van der Waals surface area (Å²) in [5.41, 5.74) is 9.82. The average molecular weight is 325 g/mol. The van der Waals surface area contributed by atoms with Gasteiger partial charge in [-0.3, -0.25) is 4.79 Å². The Balaban J connectivity index is 1.78. The first kappa shape index (κ1) is 16.2. The highest BCUT2D eigenvalue weighted by atomic mass is 16.2. The number of nitrogen functional groups attached to an aromatic ring is 1. The number of hydrogen-bond donors (Lipinski definition) is 2. The normalized spacial score (nSPS) is 17.4. The zero-order valence-corrected chi connectivity index (χ0v) is 14.3. The first-order valence-corrected chi connectivity index (χ1v) is 8.24. The molecule has 1 saturated heterocycles. The molecule has 0 aliphatic carbocycles. The quantitative estimate of drug-likeness (QED) is 0.902. The van der Waals surface area contributed by atoms with Gasteiger partial charge in [0.25, 0.3) is 0 Å². The fourth-order valence-corrected chi connectivity index (χ4v) is 3.13. The maximum Gasteiger partial charge on any atom is 0.229 e. The molecule has 3 rings (SSSR count). The van der Waals surface area contributed by atoms with Crippen molar-refractivity contribution in [1.82, 2.24) is 9.97 Å². The van der Waals surface area contributed by atoms with Crippen LogP contribution in [0.2, 0.25) is 0 Å². The summed E-state index contributed by atoms with van der Waals surface area (Å²) in [6, 6.07) is 8.03. The number of aromatic nitrogens is 2. The molecule has 1 amide bonds. The van der Waals surface area contributed by atoms with Crippen molar-refractivity contribution in [1.29, 1.82) is 0 Å². The number of carbonyl (C=O) groups excluding carboxylic acids is 1. The van der Waals surface area contributed by atoms with Crippen LogP contribution in [-0.2, 0) is 11.2 Å². The van der Waals surface area contributed by atoms with Crippen molar-refractivity contribution in [2.24, 2.45) is 0 Å². The Morgan fingerprint density at radius 1 is 1.25 bits per heavy atom. The van der Waals surface area contributed by atoms with Crippen LogP contribution in [0.25, 0.3) is 0 Å². The van der Waals surface area contributed by atoms with E-state index in [1.807, 2.05) is 43.0 Å². The summed E-state index contributed by atoms with van der Waals surface area (Å²) in [6.45, 7) is 6.65. The van der Waals surface area contributed by atoms with Crippen molar-refractivity contribution in [3.05, 3.63) is 41.1 Å². The molecule has 3 N–H and O–H groups in total. The second kappa shape index (κ2) is 6.47. The third-order valence-electron chi connectivity index (χ3n) is 4.40. The van der Waals surface area contributed by atoms with E-state index in [0.29, 0.717) is 13.0 Å². The number of carbonyl (C=O) groups is 1. The lowest BCUT2D eigenvalue weighted by Gasteiger charge is -2.19. The van der Waals surface area contributed by atoms with E-state index in [4.69, 9.17) is 5.73 Å². The van der Waals surface area contributed by atoms with Crippen LogP contribution in [0.1, 0.15) is 30.2 Å². The molecule has 1 aliphatic heterocycles. The van der Waals surface area contributed by atoms with Gasteiger partial charge < -0.3 is 16.0 Å². The second-order valence-corrected chi connectivity index (χ2v) is 6.23. The summed E-state index contributed by atoms with van der Waals surface area (Å²) in [5, 5.41) is 3.39.